The number of hydrogen-bond donors (Lipinski definition) is 2. The molecule has 2 N–H and O–H groups in total. The Morgan fingerprint density at radius 1 is 1.10 bits per heavy atom. The second kappa shape index (κ2) is 16.4. The summed E-state index contributed by atoms with van der Waals surface area (Å²) >= 11 is 0. The summed E-state index contributed by atoms with van der Waals surface area (Å²) < 4.78 is 85.0. The van der Waals surface area contributed by atoms with Crippen LogP contribution in [0.25, 0.3) is 10.8 Å². The van der Waals surface area contributed by atoms with Crippen LogP contribution in [0.3, 0.4) is 0 Å². The van der Waals surface area contributed by atoms with E-state index in [0.717, 1.165) is 11.6 Å². The largest absolute Gasteiger partial charge is 0.492 e. The maximum Gasteiger partial charge on any atom is 0.434 e. The van der Waals surface area contributed by atoms with E-state index in [-0.39, 0.29) is 31.2 Å². The zero-order chi connectivity index (χ0) is 43.1. The highest BCUT2D eigenvalue weighted by Gasteiger charge is 2.63. The molecular formula is C41H52F3N5O9S. The number of carbonyl (C=O) groups is 4. The molecule has 1 aromatic heterocycles. The molecule has 0 spiro atoms. The number of alkyl halides is 3. The first kappa shape index (κ1) is 43.8. The molecule has 18 heteroatoms. The van der Waals surface area contributed by atoms with Crippen molar-refractivity contribution < 1.29 is 55.0 Å². The molecule has 7 atom stereocenters. The molecule has 6 rings (SSSR count). The number of nitrogens with zero attached hydrogens (tertiary/aromatic N) is 3. The molecule has 0 bridgehead atoms. The molecule has 59 heavy (non-hydrogen) atoms. The number of benzene rings is 1. The summed E-state index contributed by atoms with van der Waals surface area (Å²) in [5.74, 6) is -3.78. The van der Waals surface area contributed by atoms with E-state index >= 15 is 0 Å². The molecule has 2 saturated carbocycles. The van der Waals surface area contributed by atoms with Gasteiger partial charge in [-0.2, -0.15) is 18.2 Å². The lowest BCUT2D eigenvalue weighted by Gasteiger charge is -2.30. The maximum atomic E-state index is 14.7. The number of carbonyl (C=O) groups excluding carboxylic acids is 4. The van der Waals surface area contributed by atoms with Crippen LogP contribution in [0.5, 0.6) is 11.6 Å². The number of hydrogen-bond acceptors (Lipinski definition) is 10. The van der Waals surface area contributed by atoms with Crippen molar-refractivity contribution in [3.05, 3.63) is 42.6 Å². The Morgan fingerprint density at radius 3 is 2.46 bits per heavy atom. The average Bonchev–Trinajstić information content (AvgIpc) is 4.04. The van der Waals surface area contributed by atoms with Gasteiger partial charge in [0.2, 0.25) is 33.3 Å². The lowest BCUT2D eigenvalue weighted by atomic mass is 9.87. The first-order valence-corrected chi connectivity index (χ1v) is 21.5. The SMILES string of the molecule is CCOc1cnc(O[C@@H]2C[C@H]3C(=O)N[C@]4(C(=O)NS(=O)(=O)C5(C)CC5)C[C@H]4/C=C\[C@H](C)CCC[C@@H](C)C(C=NC(=O)OC(C)(C)C(F)(F)F)C(=O)N3C2)c2ccccc12. The van der Waals surface area contributed by atoms with E-state index in [1.165, 1.54) is 11.1 Å². The van der Waals surface area contributed by atoms with E-state index in [4.69, 9.17) is 9.47 Å². The van der Waals surface area contributed by atoms with Crippen molar-refractivity contribution in [3.63, 3.8) is 0 Å². The Hall–Kier alpha value is -4.74. The summed E-state index contributed by atoms with van der Waals surface area (Å²) in [4.78, 5) is 65.3. The minimum atomic E-state index is -4.89. The van der Waals surface area contributed by atoms with E-state index in [9.17, 15) is 40.8 Å². The molecule has 2 aliphatic heterocycles. The highest BCUT2D eigenvalue weighted by atomic mass is 32.2. The fourth-order valence-electron chi connectivity index (χ4n) is 7.55. The standard InChI is InChI=1S/C41H52F3N5O9S/c1-7-56-32-22-45-34(29-14-9-8-13-28(29)32)57-27-19-31-33(50)47-40(36(52)48-59(54,55)39(6)17-18-39)20-26(40)16-15-24(2)11-10-12-25(3)30(35(51)49(31)23-27)21-46-37(53)58-38(4,5)41(42,43)44/h8-9,13-16,21-22,24-27,30-31H,7,10-12,17-20,23H2,1-6H3,(H,47,50)(H,48,52)/b16-15-,46-21?/t24-,25-,26-,27-,30?,31+,40-/m1/s1. The maximum absolute atomic E-state index is 14.7. The average molecular weight is 848 g/mol. The predicted octanol–water partition coefficient (Wildman–Crippen LogP) is 6.03. The number of allylic oxidation sites excluding steroid dienone is 1. The van der Waals surface area contributed by atoms with Crippen LogP contribution in [0.4, 0.5) is 18.0 Å². The Kier molecular flexibility index (Phi) is 12.2. The van der Waals surface area contributed by atoms with Crippen LogP contribution in [0, 0.1) is 23.7 Å². The number of ether oxygens (including phenoxy) is 3. The summed E-state index contributed by atoms with van der Waals surface area (Å²) in [6.07, 6.45) is 1.46. The van der Waals surface area contributed by atoms with Crippen molar-refractivity contribution in [1.29, 1.82) is 0 Å². The van der Waals surface area contributed by atoms with E-state index in [1.807, 2.05) is 38.1 Å². The number of pyridine rings is 1. The number of aliphatic imine (C=N–C) groups is 1. The van der Waals surface area contributed by atoms with Gasteiger partial charge in [0.25, 0.3) is 5.91 Å². The van der Waals surface area contributed by atoms with Crippen molar-refractivity contribution in [1.82, 2.24) is 19.9 Å². The Bertz CT molecular complexity index is 2140. The normalized spacial score (nSPS) is 29.3. The smallest absolute Gasteiger partial charge is 0.434 e. The van der Waals surface area contributed by atoms with Crippen LogP contribution in [0.2, 0.25) is 0 Å². The summed E-state index contributed by atoms with van der Waals surface area (Å²) in [6, 6.07) is 5.99. The van der Waals surface area contributed by atoms with Gasteiger partial charge >= 0.3 is 12.3 Å². The van der Waals surface area contributed by atoms with Crippen molar-refractivity contribution in [2.75, 3.05) is 13.2 Å². The summed E-state index contributed by atoms with van der Waals surface area (Å²) in [5, 5.41) is 4.16. The molecule has 0 radical (unpaired) electrons. The monoisotopic (exact) mass is 847 g/mol. The quantitative estimate of drug-likeness (QED) is 0.223. The van der Waals surface area contributed by atoms with E-state index < -0.39 is 85.8 Å². The fraction of sp³-hybridized carbons (Fsp3) is 0.610. The van der Waals surface area contributed by atoms with Gasteiger partial charge in [-0.05, 0) is 77.7 Å². The number of amides is 4. The molecule has 2 aromatic rings. The molecule has 3 fully saturated rings. The lowest BCUT2D eigenvalue weighted by Crippen LogP contribution is -2.57. The lowest BCUT2D eigenvalue weighted by molar-refractivity contribution is -0.243. The third-order valence-electron chi connectivity index (χ3n) is 12.0. The van der Waals surface area contributed by atoms with Gasteiger partial charge in [0.05, 0.1) is 30.0 Å². The van der Waals surface area contributed by atoms with Crippen molar-refractivity contribution >= 4 is 50.8 Å². The Balaban J connectivity index is 1.35. The van der Waals surface area contributed by atoms with E-state index in [0.29, 0.717) is 63.7 Å². The number of aromatic nitrogens is 1. The van der Waals surface area contributed by atoms with Gasteiger partial charge < -0.3 is 24.4 Å². The number of sulfonamides is 1. The second-order valence-electron chi connectivity index (χ2n) is 17.0. The van der Waals surface area contributed by atoms with Crippen LogP contribution in [0.15, 0.2) is 47.6 Å². The number of halogens is 3. The molecule has 14 nitrogen and oxygen atoms in total. The number of nitrogens with one attached hydrogen (secondary N) is 2. The first-order chi connectivity index (χ1) is 27.6. The second-order valence-corrected chi connectivity index (χ2v) is 19.2. The molecule has 1 aromatic carbocycles. The van der Waals surface area contributed by atoms with E-state index in [2.05, 4.69) is 24.8 Å². The zero-order valence-electron chi connectivity index (χ0n) is 34.0. The summed E-state index contributed by atoms with van der Waals surface area (Å²) in [5.41, 5.74) is -4.49. The molecule has 3 heterocycles. The predicted molar refractivity (Wildman–Crippen MR) is 211 cm³/mol. The number of fused-ring (bicyclic) bond motifs is 3. The summed E-state index contributed by atoms with van der Waals surface area (Å²) in [7, 11) is -4.07. The fourth-order valence-corrected chi connectivity index (χ4v) is 8.87. The van der Waals surface area contributed by atoms with Gasteiger partial charge in [0, 0.05) is 29.3 Å². The van der Waals surface area contributed by atoms with Crippen LogP contribution < -0.4 is 19.5 Å². The third kappa shape index (κ3) is 9.21. The molecule has 322 valence electrons. The van der Waals surface area contributed by atoms with Crippen molar-refractivity contribution in [2.45, 2.75) is 121 Å². The molecule has 1 unspecified atom stereocenters. The van der Waals surface area contributed by atoms with Crippen LogP contribution in [-0.2, 0) is 29.1 Å². The molecular weight excluding hydrogens is 796 g/mol. The van der Waals surface area contributed by atoms with Gasteiger partial charge in [-0.3, -0.25) is 19.1 Å². The topological polar surface area (TPSA) is 183 Å². The van der Waals surface area contributed by atoms with Crippen molar-refractivity contribution in [3.8, 4) is 11.6 Å². The van der Waals surface area contributed by atoms with Crippen LogP contribution >= 0.6 is 0 Å². The van der Waals surface area contributed by atoms with Crippen LogP contribution in [-0.4, -0.2) is 95.7 Å². The molecule has 2 aliphatic carbocycles. The van der Waals surface area contributed by atoms with E-state index in [1.54, 1.807) is 26.0 Å². The molecule has 1 saturated heterocycles. The molecule has 4 amide bonds. The minimum Gasteiger partial charge on any atom is -0.492 e. The minimum absolute atomic E-state index is 0.00535. The zero-order valence-corrected chi connectivity index (χ0v) is 34.8. The first-order valence-electron chi connectivity index (χ1n) is 20.0. The highest BCUT2D eigenvalue weighted by molar-refractivity contribution is 7.91. The van der Waals surface area contributed by atoms with Gasteiger partial charge in [-0.25, -0.2) is 18.2 Å². The van der Waals surface area contributed by atoms with Crippen LogP contribution in [0.1, 0.15) is 86.5 Å². The third-order valence-corrected chi connectivity index (χ3v) is 14.2. The Labute approximate surface area is 341 Å². The summed E-state index contributed by atoms with van der Waals surface area (Å²) in [6.45, 7) is 8.70. The van der Waals surface area contributed by atoms with Gasteiger partial charge in [0.15, 0.2) is 0 Å². The molecule has 4 aliphatic rings. The van der Waals surface area contributed by atoms with Gasteiger partial charge in [-0.1, -0.05) is 50.6 Å². The van der Waals surface area contributed by atoms with Gasteiger partial charge in [0.1, 0.15) is 23.4 Å². The number of rotatable bonds is 9. The van der Waals surface area contributed by atoms with Crippen molar-refractivity contribution in [2.24, 2.45) is 28.7 Å². The highest BCUT2D eigenvalue weighted by Crippen LogP contribution is 2.48. The van der Waals surface area contributed by atoms with Gasteiger partial charge in [-0.15, -0.1) is 0 Å². The Morgan fingerprint density at radius 2 is 1.80 bits per heavy atom.